The van der Waals surface area contributed by atoms with E-state index in [1.165, 1.54) is 11.1 Å². The Bertz CT molecular complexity index is 676. The first kappa shape index (κ1) is 19.9. The van der Waals surface area contributed by atoms with Crippen LogP contribution in [0.25, 0.3) is 0 Å². The third kappa shape index (κ3) is 3.22. The van der Waals surface area contributed by atoms with Crippen molar-refractivity contribution in [1.29, 1.82) is 0 Å². The fraction of sp³-hybridized carbons (Fsp3) is 0.333. The van der Waals surface area contributed by atoms with Gasteiger partial charge in [0.05, 0.1) is 0 Å². The zero-order valence-corrected chi connectivity index (χ0v) is 19.1. The zero-order valence-electron chi connectivity index (χ0n) is 13.5. The Kier molecular flexibility index (Phi) is 6.46. The first-order valence-electron chi connectivity index (χ1n) is 7.34. The van der Waals surface area contributed by atoms with E-state index in [2.05, 4.69) is 50.7 Å². The smallest absolute Gasteiger partial charge is 1.00 e. The van der Waals surface area contributed by atoms with Crippen molar-refractivity contribution in [2.75, 3.05) is 0 Å². The maximum Gasteiger partial charge on any atom is -1.00 e. The second-order valence-electron chi connectivity index (χ2n) is 6.08. The largest absolute Gasteiger partial charge is 1.00 e. The van der Waals surface area contributed by atoms with Gasteiger partial charge in [0.25, 0.3) is 0 Å². The van der Waals surface area contributed by atoms with Crippen molar-refractivity contribution < 1.29 is 48.0 Å². The Labute approximate surface area is 171 Å². The van der Waals surface area contributed by atoms with Crippen molar-refractivity contribution in [3.63, 3.8) is 0 Å². The van der Waals surface area contributed by atoms with E-state index in [-0.39, 0.29) is 24.8 Å². The average molecular weight is 461 g/mol. The summed E-state index contributed by atoms with van der Waals surface area (Å²) in [5.74, 6) is 0. The number of fused-ring (bicyclic) bond motifs is 2. The quantitative estimate of drug-likeness (QED) is 0.547. The van der Waals surface area contributed by atoms with Gasteiger partial charge < -0.3 is 24.8 Å². The van der Waals surface area contributed by atoms with Crippen LogP contribution in [0.15, 0.2) is 63.0 Å². The van der Waals surface area contributed by atoms with Gasteiger partial charge in [-0.1, -0.05) is 0 Å². The van der Waals surface area contributed by atoms with Crippen molar-refractivity contribution in [2.24, 2.45) is 0 Å². The van der Waals surface area contributed by atoms with Crippen molar-refractivity contribution in [2.45, 2.75) is 38.2 Å². The Morgan fingerprint density at radius 2 is 1.13 bits per heavy atom. The van der Waals surface area contributed by atoms with Crippen LogP contribution in [0, 0.1) is 0 Å². The van der Waals surface area contributed by atoms with E-state index in [4.69, 9.17) is 0 Å². The molecule has 0 amide bonds. The maximum absolute atomic E-state index is 2.47. The van der Waals surface area contributed by atoms with Gasteiger partial charge in [0.15, 0.2) is 0 Å². The van der Waals surface area contributed by atoms with E-state index in [9.17, 15) is 0 Å². The Morgan fingerprint density at radius 3 is 1.52 bits per heavy atom. The minimum atomic E-state index is -0.672. The Morgan fingerprint density at radius 1 is 0.739 bits per heavy atom. The van der Waals surface area contributed by atoms with Crippen molar-refractivity contribution >= 4 is 23.5 Å². The van der Waals surface area contributed by atoms with Crippen LogP contribution in [0.5, 0.6) is 0 Å². The molecule has 2 aliphatic carbocycles. The summed E-state index contributed by atoms with van der Waals surface area (Å²) in [7, 11) is 0. The van der Waals surface area contributed by atoms with E-state index >= 15 is 0 Å². The molecule has 0 bridgehead atoms. The molecule has 0 unspecified atom stereocenters. The molecule has 0 aromatic carbocycles. The normalized spacial score (nSPS) is 27.5. The number of thioether (sulfide) groups is 2. The second-order valence-corrected chi connectivity index (χ2v) is 11.4. The van der Waals surface area contributed by atoms with Crippen LogP contribution < -0.4 is 24.8 Å². The summed E-state index contributed by atoms with van der Waals surface area (Å²) < 4.78 is 3.44. The van der Waals surface area contributed by atoms with Gasteiger partial charge in [-0.05, 0) is 0 Å². The molecule has 4 aliphatic rings. The number of hydrogen-bond acceptors (Lipinski definition) is 2. The van der Waals surface area contributed by atoms with Crippen LogP contribution in [0.3, 0.4) is 0 Å². The van der Waals surface area contributed by atoms with Crippen molar-refractivity contribution in [3.05, 3.63) is 63.0 Å². The molecule has 0 spiro atoms. The Balaban J connectivity index is 0.000000960. The summed E-state index contributed by atoms with van der Waals surface area (Å²) in [6.07, 6.45) is 4.90. The van der Waals surface area contributed by atoms with Gasteiger partial charge >= 0.3 is 148 Å². The number of allylic oxidation sites excluding steroid dienone is 6. The molecule has 0 aromatic rings. The molecule has 0 N–H and O–H groups in total. The minimum absolute atomic E-state index is 0. The van der Waals surface area contributed by atoms with Crippen LogP contribution in [0.2, 0.25) is 0 Å². The monoisotopic (exact) mass is 458 g/mol. The summed E-state index contributed by atoms with van der Waals surface area (Å²) in [6.45, 7) is 9.16. The molecule has 4 rings (SSSR count). The number of halogens is 2. The molecule has 0 saturated heterocycles. The third-order valence-corrected chi connectivity index (χ3v) is 11.3. The molecule has 0 nitrogen and oxygen atoms in total. The molecule has 120 valence electrons. The molecule has 5 heteroatoms. The Hall–Kier alpha value is 0.603. The van der Waals surface area contributed by atoms with Crippen LogP contribution in [-0.4, -0.2) is 10.5 Å². The molecule has 2 aliphatic heterocycles. The average Bonchev–Trinajstić information content (AvgIpc) is 3.14. The summed E-state index contributed by atoms with van der Waals surface area (Å²) in [5, 5.41) is 6.21. The van der Waals surface area contributed by atoms with E-state index in [0.29, 0.717) is 10.5 Å². The number of rotatable bonds is 2. The van der Waals surface area contributed by atoms with E-state index in [1.807, 2.05) is 23.5 Å². The predicted molar refractivity (Wildman–Crippen MR) is 91.8 cm³/mol. The molecular weight excluding hydrogens is 442 g/mol. The summed E-state index contributed by atoms with van der Waals surface area (Å²) in [6, 6.07) is 0. The van der Waals surface area contributed by atoms with Gasteiger partial charge in [-0.15, -0.1) is 0 Å². The van der Waals surface area contributed by atoms with E-state index in [1.54, 1.807) is 28.9 Å². The first-order chi connectivity index (χ1) is 10.1. The van der Waals surface area contributed by atoms with Crippen LogP contribution in [-0.2, 0) is 23.2 Å². The summed E-state index contributed by atoms with van der Waals surface area (Å²) >= 11 is 3.37. The van der Waals surface area contributed by atoms with Gasteiger partial charge in [0.1, 0.15) is 0 Å². The summed E-state index contributed by atoms with van der Waals surface area (Å²) in [5.41, 5.74) is 9.42. The van der Waals surface area contributed by atoms with Crippen molar-refractivity contribution in [1.82, 2.24) is 0 Å². The molecule has 0 radical (unpaired) electrons. The molecule has 2 atom stereocenters. The van der Waals surface area contributed by atoms with Crippen LogP contribution in [0.1, 0.15) is 27.7 Å². The van der Waals surface area contributed by atoms with Crippen LogP contribution in [0.4, 0.5) is 0 Å². The summed E-state index contributed by atoms with van der Waals surface area (Å²) in [4.78, 5) is 0. The van der Waals surface area contributed by atoms with Gasteiger partial charge in [-0.25, -0.2) is 0 Å². The minimum Gasteiger partial charge on any atom is -1.00 e. The van der Waals surface area contributed by atoms with Gasteiger partial charge in [-0.2, -0.15) is 0 Å². The predicted octanol–water partition coefficient (Wildman–Crippen LogP) is -0.457. The van der Waals surface area contributed by atoms with E-state index < -0.39 is 23.2 Å². The molecule has 0 fully saturated rings. The fourth-order valence-electron chi connectivity index (χ4n) is 3.40. The second kappa shape index (κ2) is 7.46. The van der Waals surface area contributed by atoms with Crippen LogP contribution >= 0.6 is 23.5 Å². The van der Waals surface area contributed by atoms with Crippen molar-refractivity contribution in [3.8, 4) is 0 Å². The molecular formula is C18H18Cl2S2Zr. The SMILES string of the molecule is CC1=C[C@@H]2SC=[C]([Zr+2][C]3=CS[C@@H]4C=C(C)C(C)=C34)C2=C1C.[Cl-].[Cl-]. The topological polar surface area (TPSA) is 0 Å². The maximum atomic E-state index is 2.47. The standard InChI is InChI=1S/2C9H9S.2ClH.Zr/c2*1-6-5-9-8(7(6)2)3-4-10-9;;;/h2*4-5,9H,1-2H3;2*1H;/q;;;;+2/p-2/t2*9-;;;/m10.../s1. The molecule has 0 saturated carbocycles. The zero-order chi connectivity index (χ0) is 14.7. The number of hydrogen-bond donors (Lipinski definition) is 0. The van der Waals surface area contributed by atoms with Gasteiger partial charge in [0.2, 0.25) is 0 Å². The molecule has 23 heavy (non-hydrogen) atoms. The molecule has 2 heterocycles. The fourth-order valence-corrected chi connectivity index (χ4v) is 11.2. The third-order valence-electron chi connectivity index (χ3n) is 4.88. The van der Waals surface area contributed by atoms with Gasteiger partial charge in [0, 0.05) is 0 Å². The van der Waals surface area contributed by atoms with E-state index in [0.717, 1.165) is 0 Å². The molecule has 0 aromatic heterocycles. The first-order valence-corrected chi connectivity index (χ1v) is 11.7. The van der Waals surface area contributed by atoms with Gasteiger partial charge in [-0.3, -0.25) is 0 Å².